The molecular formula is C12H10Si2. The minimum absolute atomic E-state index is 0.258. The molecule has 2 heterocycles. The SMILES string of the molecule is C1=CC2(c3ccccc3)C=CC1[Si][Si]2. The molecule has 66 valence electrons. The molecule has 1 aromatic carbocycles. The molecule has 4 radical (unpaired) electrons. The van der Waals surface area contributed by atoms with Gasteiger partial charge in [-0.2, -0.15) is 0 Å². The van der Waals surface area contributed by atoms with Crippen LogP contribution < -0.4 is 0 Å². The largest absolute Gasteiger partial charge is 0.0843 e. The van der Waals surface area contributed by atoms with Gasteiger partial charge in [0.05, 0.1) is 0 Å². The average molecular weight is 210 g/mol. The van der Waals surface area contributed by atoms with Gasteiger partial charge in [0.2, 0.25) is 0 Å². The Morgan fingerprint density at radius 2 is 1.71 bits per heavy atom. The molecule has 3 aliphatic rings. The molecule has 0 nitrogen and oxygen atoms in total. The zero-order chi connectivity index (χ0) is 9.43. The molecule has 1 aromatic rings. The van der Waals surface area contributed by atoms with Crippen LogP contribution in [-0.2, 0) is 5.04 Å². The maximum absolute atomic E-state index is 2.40. The van der Waals surface area contributed by atoms with Crippen LogP contribution in [0.5, 0.6) is 0 Å². The first kappa shape index (κ1) is 8.44. The maximum atomic E-state index is 2.40. The van der Waals surface area contributed by atoms with E-state index in [1.54, 1.807) is 0 Å². The lowest BCUT2D eigenvalue weighted by Gasteiger charge is -2.36. The Labute approximate surface area is 89.2 Å². The monoisotopic (exact) mass is 210 g/mol. The summed E-state index contributed by atoms with van der Waals surface area (Å²) in [4.78, 5) is 0. The maximum Gasteiger partial charge on any atom is 0.0484 e. The molecule has 0 aromatic heterocycles. The van der Waals surface area contributed by atoms with Gasteiger partial charge in [0, 0.05) is 23.1 Å². The Kier molecular flexibility index (Phi) is 1.85. The highest BCUT2D eigenvalue weighted by Gasteiger charge is 2.34. The van der Waals surface area contributed by atoms with Gasteiger partial charge in [0.25, 0.3) is 0 Å². The van der Waals surface area contributed by atoms with Crippen LogP contribution in [0, 0.1) is 0 Å². The van der Waals surface area contributed by atoms with Crippen LogP contribution in [0.15, 0.2) is 54.6 Å². The summed E-state index contributed by atoms with van der Waals surface area (Å²) in [6.45, 7) is 0. The average Bonchev–Trinajstić information content (AvgIpc) is 2.33. The fraction of sp³-hybridized carbons (Fsp3) is 0.167. The Balaban J connectivity index is 2.09. The van der Waals surface area contributed by atoms with Crippen molar-refractivity contribution in [2.45, 2.75) is 10.6 Å². The summed E-state index contributed by atoms with van der Waals surface area (Å²) in [5.41, 5.74) is 2.20. The van der Waals surface area contributed by atoms with Crippen LogP contribution in [0.1, 0.15) is 5.56 Å². The fourth-order valence-corrected chi connectivity index (χ4v) is 6.18. The molecule has 0 N–H and O–H groups in total. The molecule has 4 rings (SSSR count). The van der Waals surface area contributed by atoms with Crippen LogP contribution >= 0.6 is 0 Å². The second-order valence-corrected chi connectivity index (χ2v) is 7.40. The van der Waals surface area contributed by atoms with Crippen LogP contribution in [0.25, 0.3) is 0 Å². The number of rotatable bonds is 1. The van der Waals surface area contributed by atoms with Gasteiger partial charge in [0.15, 0.2) is 0 Å². The quantitative estimate of drug-likeness (QED) is 0.492. The third kappa shape index (κ3) is 1.18. The molecule has 0 saturated heterocycles. The van der Waals surface area contributed by atoms with E-state index in [-0.39, 0.29) is 5.04 Å². The van der Waals surface area contributed by atoms with Gasteiger partial charge in [-0.15, -0.1) is 0 Å². The molecule has 14 heavy (non-hydrogen) atoms. The van der Waals surface area contributed by atoms with Crippen LogP contribution in [0.4, 0.5) is 0 Å². The van der Waals surface area contributed by atoms with Crippen molar-refractivity contribution in [2.75, 3.05) is 0 Å². The molecule has 0 amide bonds. The first-order chi connectivity index (χ1) is 6.89. The smallest absolute Gasteiger partial charge is 0.0484 e. The Hall–Kier alpha value is -0.866. The van der Waals surface area contributed by atoms with E-state index >= 15 is 0 Å². The predicted octanol–water partition coefficient (Wildman–Crippen LogP) is 2.13. The zero-order valence-corrected chi connectivity index (χ0v) is 9.77. The molecule has 0 atom stereocenters. The van der Waals surface area contributed by atoms with E-state index in [2.05, 4.69) is 54.6 Å². The zero-order valence-electron chi connectivity index (χ0n) is 7.77. The lowest BCUT2D eigenvalue weighted by molar-refractivity contribution is 0.917. The van der Waals surface area contributed by atoms with Crippen molar-refractivity contribution in [1.29, 1.82) is 0 Å². The van der Waals surface area contributed by atoms with Crippen molar-refractivity contribution in [3.05, 3.63) is 60.2 Å². The lowest BCUT2D eigenvalue weighted by Crippen LogP contribution is -2.40. The van der Waals surface area contributed by atoms with Crippen molar-refractivity contribution in [3.63, 3.8) is 0 Å². The van der Waals surface area contributed by atoms with E-state index in [9.17, 15) is 0 Å². The van der Waals surface area contributed by atoms with E-state index in [0.717, 1.165) is 23.6 Å². The van der Waals surface area contributed by atoms with E-state index in [1.807, 2.05) is 0 Å². The Morgan fingerprint density at radius 3 is 2.29 bits per heavy atom. The summed E-state index contributed by atoms with van der Waals surface area (Å²) in [5.74, 6) is 0. The molecular weight excluding hydrogens is 200 g/mol. The lowest BCUT2D eigenvalue weighted by atomic mass is 9.93. The topological polar surface area (TPSA) is 0 Å². The second kappa shape index (κ2) is 3.07. The van der Waals surface area contributed by atoms with Gasteiger partial charge >= 0.3 is 0 Å². The molecule has 2 bridgehead atoms. The molecule has 0 unspecified atom stereocenters. The minimum atomic E-state index is 0.258. The van der Waals surface area contributed by atoms with Crippen molar-refractivity contribution in [1.82, 2.24) is 0 Å². The van der Waals surface area contributed by atoms with Gasteiger partial charge in [-0.05, 0) is 11.1 Å². The van der Waals surface area contributed by atoms with Gasteiger partial charge < -0.3 is 0 Å². The Bertz CT molecular complexity index is 378. The van der Waals surface area contributed by atoms with Crippen LogP contribution in [0.2, 0.25) is 5.54 Å². The predicted molar refractivity (Wildman–Crippen MR) is 61.7 cm³/mol. The van der Waals surface area contributed by atoms with Crippen molar-refractivity contribution >= 4 is 18.1 Å². The van der Waals surface area contributed by atoms with Gasteiger partial charge in [0.1, 0.15) is 0 Å². The van der Waals surface area contributed by atoms with E-state index in [4.69, 9.17) is 0 Å². The molecule has 0 spiro atoms. The second-order valence-electron chi connectivity index (χ2n) is 3.75. The summed E-state index contributed by atoms with van der Waals surface area (Å²) in [5, 5.41) is 0.258. The molecule has 0 saturated carbocycles. The summed E-state index contributed by atoms with van der Waals surface area (Å²) >= 11 is 0. The van der Waals surface area contributed by atoms with Crippen molar-refractivity contribution in [2.24, 2.45) is 0 Å². The number of hydrogen-bond donors (Lipinski definition) is 0. The van der Waals surface area contributed by atoms with Gasteiger partial charge in [-0.3, -0.25) is 0 Å². The highest BCUT2D eigenvalue weighted by Crippen LogP contribution is 2.36. The normalized spacial score (nSPS) is 33.6. The minimum Gasteiger partial charge on any atom is -0.0843 e. The number of hydrogen-bond acceptors (Lipinski definition) is 0. The van der Waals surface area contributed by atoms with Crippen LogP contribution in [0.3, 0.4) is 0 Å². The highest BCUT2D eigenvalue weighted by molar-refractivity contribution is 7.04. The number of allylic oxidation sites excluding steroid dienone is 4. The first-order valence-corrected chi connectivity index (χ1v) is 7.94. The Morgan fingerprint density at radius 1 is 1.00 bits per heavy atom. The van der Waals surface area contributed by atoms with Crippen molar-refractivity contribution in [3.8, 4) is 0 Å². The highest BCUT2D eigenvalue weighted by atomic mass is 29.1. The third-order valence-electron chi connectivity index (χ3n) is 2.83. The van der Waals surface area contributed by atoms with E-state index < -0.39 is 0 Å². The van der Waals surface area contributed by atoms with E-state index in [0.29, 0.717) is 0 Å². The summed E-state index contributed by atoms with van der Waals surface area (Å²) in [7, 11) is 2.14. The summed E-state index contributed by atoms with van der Waals surface area (Å²) < 4.78 is 0. The van der Waals surface area contributed by atoms with Crippen LogP contribution in [-0.4, -0.2) is 18.1 Å². The summed E-state index contributed by atoms with van der Waals surface area (Å²) in [6.07, 6.45) is 9.56. The van der Waals surface area contributed by atoms with Gasteiger partial charge in [-0.1, -0.05) is 54.6 Å². The molecule has 2 aliphatic heterocycles. The standard InChI is InChI=1S/C12H10Si2/c1-2-4-10(5-3-1)12-8-6-11(7-9-12)13-14-12/h1-9,11H. The van der Waals surface area contributed by atoms with Gasteiger partial charge in [-0.25, -0.2) is 0 Å². The number of benzene rings is 1. The summed E-state index contributed by atoms with van der Waals surface area (Å²) in [6, 6.07) is 10.9. The van der Waals surface area contributed by atoms with Crippen molar-refractivity contribution < 1.29 is 0 Å². The number of fused-ring (bicyclic) bond motifs is 1. The van der Waals surface area contributed by atoms with E-state index in [1.165, 1.54) is 5.56 Å². The third-order valence-corrected chi connectivity index (χ3v) is 7.40. The first-order valence-electron chi connectivity index (χ1n) is 4.86. The fourth-order valence-electron chi connectivity index (χ4n) is 1.99. The molecule has 1 aliphatic carbocycles. The molecule has 0 fully saturated rings. The molecule has 2 heteroatoms.